The van der Waals surface area contributed by atoms with E-state index in [1.165, 1.54) is 6.07 Å². The number of nitrogens with one attached hydrogen (secondary N) is 1. The quantitative estimate of drug-likeness (QED) is 0.589. The summed E-state index contributed by atoms with van der Waals surface area (Å²) in [7, 11) is 0. The highest BCUT2D eigenvalue weighted by Gasteiger charge is 2.17. The molecule has 2 aromatic rings. The van der Waals surface area contributed by atoms with Crippen molar-refractivity contribution in [2.45, 2.75) is 12.5 Å². The fourth-order valence-corrected chi connectivity index (χ4v) is 2.76. The van der Waals surface area contributed by atoms with Crippen LogP contribution in [0.1, 0.15) is 17.2 Å². The number of hydrogen-bond donors (Lipinski definition) is 2. The number of halogens is 4. The van der Waals surface area contributed by atoms with Gasteiger partial charge in [-0.1, -0.05) is 18.2 Å². The third-order valence-corrected chi connectivity index (χ3v) is 4.20. The monoisotopic (exact) mass is 404 g/mol. The van der Waals surface area contributed by atoms with E-state index in [4.69, 9.17) is 5.84 Å². The molecule has 106 valence electrons. The maximum Gasteiger partial charge on any atom is 0.142 e. The molecule has 0 aromatic heterocycles. The SMILES string of the molecule is NNC(Cc1ccc(F)c(Br)c1)c1cccc(Br)c1F. The van der Waals surface area contributed by atoms with E-state index in [1.807, 2.05) is 0 Å². The normalized spacial score (nSPS) is 12.4. The average molecular weight is 406 g/mol. The predicted octanol–water partition coefficient (Wildman–Crippen LogP) is 4.24. The van der Waals surface area contributed by atoms with Gasteiger partial charge in [-0.2, -0.15) is 0 Å². The molecular weight excluding hydrogens is 394 g/mol. The molecule has 2 aromatic carbocycles. The van der Waals surface area contributed by atoms with Crippen molar-refractivity contribution in [3.63, 3.8) is 0 Å². The maximum absolute atomic E-state index is 14.1. The first-order valence-electron chi connectivity index (χ1n) is 5.87. The van der Waals surface area contributed by atoms with Crippen LogP contribution < -0.4 is 11.3 Å². The van der Waals surface area contributed by atoms with Crippen molar-refractivity contribution >= 4 is 31.9 Å². The first kappa shape index (κ1) is 15.6. The molecule has 0 aliphatic heterocycles. The van der Waals surface area contributed by atoms with Gasteiger partial charge >= 0.3 is 0 Å². The number of benzene rings is 2. The van der Waals surface area contributed by atoms with Crippen molar-refractivity contribution in [1.82, 2.24) is 5.43 Å². The molecule has 0 aliphatic rings. The van der Waals surface area contributed by atoms with Crippen LogP contribution in [0.15, 0.2) is 45.3 Å². The predicted molar refractivity (Wildman–Crippen MR) is 82.0 cm³/mol. The number of hydrogen-bond acceptors (Lipinski definition) is 2. The van der Waals surface area contributed by atoms with Gasteiger partial charge in [0.15, 0.2) is 0 Å². The van der Waals surface area contributed by atoms with Gasteiger partial charge < -0.3 is 0 Å². The zero-order chi connectivity index (χ0) is 14.7. The van der Waals surface area contributed by atoms with Crippen LogP contribution in [0.4, 0.5) is 8.78 Å². The average Bonchev–Trinajstić information content (AvgIpc) is 2.43. The van der Waals surface area contributed by atoms with Gasteiger partial charge in [0.05, 0.1) is 15.0 Å². The molecule has 0 heterocycles. The molecule has 6 heteroatoms. The van der Waals surface area contributed by atoms with Crippen LogP contribution in [-0.2, 0) is 6.42 Å². The zero-order valence-corrected chi connectivity index (χ0v) is 13.5. The standard InChI is InChI=1S/C14H12Br2F2N2/c15-10-3-1-2-9(14(10)18)13(20-19)7-8-4-5-12(17)11(16)6-8/h1-6,13,20H,7,19H2. The second-order valence-corrected chi connectivity index (χ2v) is 6.02. The lowest BCUT2D eigenvalue weighted by Gasteiger charge is -2.18. The van der Waals surface area contributed by atoms with Gasteiger partial charge in [-0.15, -0.1) is 0 Å². The van der Waals surface area contributed by atoms with E-state index in [0.717, 1.165) is 5.56 Å². The van der Waals surface area contributed by atoms with Crippen LogP contribution in [0, 0.1) is 11.6 Å². The maximum atomic E-state index is 14.1. The van der Waals surface area contributed by atoms with Crippen LogP contribution in [0.5, 0.6) is 0 Å². The molecular formula is C14H12Br2F2N2. The van der Waals surface area contributed by atoms with Crippen molar-refractivity contribution < 1.29 is 8.78 Å². The summed E-state index contributed by atoms with van der Waals surface area (Å²) < 4.78 is 28.0. The van der Waals surface area contributed by atoms with Crippen LogP contribution in [0.3, 0.4) is 0 Å². The molecule has 2 nitrogen and oxygen atoms in total. The van der Waals surface area contributed by atoms with Gasteiger partial charge in [-0.3, -0.25) is 11.3 Å². The highest BCUT2D eigenvalue weighted by Crippen LogP contribution is 2.27. The van der Waals surface area contributed by atoms with Gasteiger partial charge in [0.2, 0.25) is 0 Å². The molecule has 0 bridgehead atoms. The largest absolute Gasteiger partial charge is 0.271 e. The molecule has 0 spiro atoms. The molecule has 0 amide bonds. The van der Waals surface area contributed by atoms with Gasteiger partial charge in [-0.25, -0.2) is 8.78 Å². The van der Waals surface area contributed by atoms with Crippen LogP contribution >= 0.6 is 31.9 Å². The minimum absolute atomic E-state index is 0.334. The summed E-state index contributed by atoms with van der Waals surface area (Å²) in [6, 6.07) is 9.32. The first-order valence-corrected chi connectivity index (χ1v) is 7.45. The first-order chi connectivity index (χ1) is 9.52. The molecule has 0 saturated heterocycles. The Bertz CT molecular complexity index is 620. The molecule has 1 unspecified atom stereocenters. The lowest BCUT2D eigenvalue weighted by molar-refractivity contribution is 0.507. The lowest BCUT2D eigenvalue weighted by Crippen LogP contribution is -2.30. The second kappa shape index (κ2) is 6.76. The van der Waals surface area contributed by atoms with Gasteiger partial charge in [-0.05, 0) is 62.0 Å². The molecule has 2 rings (SSSR count). The summed E-state index contributed by atoms with van der Waals surface area (Å²) in [6.45, 7) is 0. The van der Waals surface area contributed by atoms with Crippen molar-refractivity contribution in [2.24, 2.45) is 5.84 Å². The topological polar surface area (TPSA) is 38.0 Å². The number of nitrogens with two attached hydrogens (primary N) is 1. The molecule has 20 heavy (non-hydrogen) atoms. The molecule has 0 fully saturated rings. The smallest absolute Gasteiger partial charge is 0.142 e. The van der Waals surface area contributed by atoms with Crippen LogP contribution in [-0.4, -0.2) is 0 Å². The summed E-state index contributed by atoms with van der Waals surface area (Å²) in [5, 5.41) is 0. The highest BCUT2D eigenvalue weighted by atomic mass is 79.9. The Morgan fingerprint density at radius 3 is 2.50 bits per heavy atom. The molecule has 3 N–H and O–H groups in total. The summed E-state index contributed by atoms with van der Waals surface area (Å²) in [4.78, 5) is 0. The Hall–Kier alpha value is -0.820. The van der Waals surface area contributed by atoms with E-state index < -0.39 is 6.04 Å². The third kappa shape index (κ3) is 3.44. The van der Waals surface area contributed by atoms with Crippen molar-refractivity contribution in [2.75, 3.05) is 0 Å². The van der Waals surface area contributed by atoms with E-state index in [9.17, 15) is 8.78 Å². The fraction of sp³-hybridized carbons (Fsp3) is 0.143. The Labute approximate surface area is 132 Å². The molecule has 1 atom stereocenters. The van der Waals surface area contributed by atoms with Gasteiger partial charge in [0, 0.05) is 5.56 Å². The Morgan fingerprint density at radius 2 is 1.85 bits per heavy atom. The fourth-order valence-electron chi connectivity index (χ4n) is 1.95. The van der Waals surface area contributed by atoms with Crippen molar-refractivity contribution in [3.8, 4) is 0 Å². The van der Waals surface area contributed by atoms with E-state index in [1.54, 1.807) is 30.3 Å². The molecule has 0 radical (unpaired) electrons. The van der Waals surface area contributed by atoms with Crippen molar-refractivity contribution in [1.29, 1.82) is 0 Å². The third-order valence-electron chi connectivity index (χ3n) is 2.98. The van der Waals surface area contributed by atoms with Crippen LogP contribution in [0.25, 0.3) is 0 Å². The van der Waals surface area contributed by atoms with E-state index >= 15 is 0 Å². The number of rotatable bonds is 4. The lowest BCUT2D eigenvalue weighted by atomic mass is 9.99. The number of hydrazine groups is 1. The summed E-state index contributed by atoms with van der Waals surface area (Å²) in [6.07, 6.45) is 0.447. The minimum Gasteiger partial charge on any atom is -0.271 e. The van der Waals surface area contributed by atoms with Crippen molar-refractivity contribution in [3.05, 3.63) is 68.1 Å². The highest BCUT2D eigenvalue weighted by molar-refractivity contribution is 9.10. The Kier molecular flexibility index (Phi) is 5.26. The van der Waals surface area contributed by atoms with E-state index in [-0.39, 0.29) is 11.6 Å². The Morgan fingerprint density at radius 1 is 1.10 bits per heavy atom. The Balaban J connectivity index is 2.28. The summed E-state index contributed by atoms with van der Waals surface area (Å²) >= 11 is 6.28. The molecule has 0 aliphatic carbocycles. The second-order valence-electron chi connectivity index (χ2n) is 4.31. The zero-order valence-electron chi connectivity index (χ0n) is 10.3. The van der Waals surface area contributed by atoms with Gasteiger partial charge in [0.25, 0.3) is 0 Å². The van der Waals surface area contributed by atoms with E-state index in [0.29, 0.717) is 20.9 Å². The van der Waals surface area contributed by atoms with Gasteiger partial charge in [0.1, 0.15) is 11.6 Å². The molecule has 0 saturated carbocycles. The van der Waals surface area contributed by atoms with Crippen LogP contribution in [0.2, 0.25) is 0 Å². The summed E-state index contributed by atoms with van der Waals surface area (Å²) in [5.41, 5.74) is 3.91. The summed E-state index contributed by atoms with van der Waals surface area (Å²) in [5.74, 6) is 4.84. The minimum atomic E-state index is -0.398. The van der Waals surface area contributed by atoms with E-state index in [2.05, 4.69) is 37.3 Å².